The summed E-state index contributed by atoms with van der Waals surface area (Å²) in [6.45, 7) is 5.06. The minimum Gasteiger partial charge on any atom is -0.478 e. The van der Waals surface area contributed by atoms with Crippen LogP contribution in [-0.4, -0.2) is 23.8 Å². The zero-order chi connectivity index (χ0) is 17.4. The molecule has 3 atom stereocenters. The number of aromatic carboxylic acids is 1. The maximum Gasteiger partial charge on any atom is 0.335 e. The van der Waals surface area contributed by atoms with Crippen molar-refractivity contribution in [2.24, 2.45) is 5.92 Å². The number of carbonyl (C=O) groups is 1. The van der Waals surface area contributed by atoms with Crippen LogP contribution in [0.1, 0.15) is 81.0 Å². The standard InChI is InChI=1S/C20H30O4/c1-3-4-5-6-7-8-9-18-14-23-20(24-15(18)2)17-12-10-16(11-13-17)19(21)22/h10-13,15,18,20H,3-9,14H2,1-2H3,(H,21,22)/t15-,18+,20+/m1/s1. The largest absolute Gasteiger partial charge is 0.478 e. The van der Waals surface area contributed by atoms with E-state index in [1.165, 1.54) is 38.5 Å². The maximum absolute atomic E-state index is 10.9. The Morgan fingerprint density at radius 2 is 1.79 bits per heavy atom. The second-order valence-electron chi connectivity index (χ2n) is 6.75. The lowest BCUT2D eigenvalue weighted by Crippen LogP contribution is -2.34. The molecule has 1 fully saturated rings. The number of ether oxygens (including phenoxy) is 2. The van der Waals surface area contributed by atoms with Gasteiger partial charge in [-0.3, -0.25) is 0 Å². The van der Waals surface area contributed by atoms with Crippen molar-refractivity contribution in [2.45, 2.75) is 71.2 Å². The minimum absolute atomic E-state index is 0.165. The molecule has 4 nitrogen and oxygen atoms in total. The summed E-state index contributed by atoms with van der Waals surface area (Å²) >= 11 is 0. The fourth-order valence-electron chi connectivity index (χ4n) is 3.15. The average molecular weight is 334 g/mol. The number of carboxylic acid groups (broad SMARTS) is 1. The van der Waals surface area contributed by atoms with Gasteiger partial charge < -0.3 is 14.6 Å². The van der Waals surface area contributed by atoms with Crippen LogP contribution >= 0.6 is 0 Å². The van der Waals surface area contributed by atoms with Gasteiger partial charge in [-0.2, -0.15) is 0 Å². The van der Waals surface area contributed by atoms with E-state index >= 15 is 0 Å². The van der Waals surface area contributed by atoms with Crippen molar-refractivity contribution in [3.05, 3.63) is 35.4 Å². The maximum atomic E-state index is 10.9. The van der Waals surface area contributed by atoms with Crippen LogP contribution in [0, 0.1) is 5.92 Å². The Kier molecular flexibility index (Phi) is 7.73. The van der Waals surface area contributed by atoms with Crippen LogP contribution < -0.4 is 0 Å². The fraction of sp³-hybridized carbons (Fsp3) is 0.650. The third kappa shape index (κ3) is 5.60. The summed E-state index contributed by atoms with van der Waals surface area (Å²) < 4.78 is 11.9. The predicted molar refractivity (Wildman–Crippen MR) is 94.1 cm³/mol. The van der Waals surface area contributed by atoms with Crippen molar-refractivity contribution in [1.29, 1.82) is 0 Å². The van der Waals surface area contributed by atoms with E-state index in [2.05, 4.69) is 13.8 Å². The Labute approximate surface area is 145 Å². The molecule has 1 aromatic rings. The average Bonchev–Trinajstić information content (AvgIpc) is 2.59. The van der Waals surface area contributed by atoms with Gasteiger partial charge in [0.25, 0.3) is 0 Å². The summed E-state index contributed by atoms with van der Waals surface area (Å²) in [5.41, 5.74) is 1.16. The number of carboxylic acids is 1. The van der Waals surface area contributed by atoms with Crippen molar-refractivity contribution in [2.75, 3.05) is 6.61 Å². The summed E-state index contributed by atoms with van der Waals surface area (Å²) in [5, 5.41) is 8.95. The van der Waals surface area contributed by atoms with Crippen LogP contribution in [-0.2, 0) is 9.47 Å². The second-order valence-corrected chi connectivity index (χ2v) is 6.75. The molecule has 24 heavy (non-hydrogen) atoms. The van der Waals surface area contributed by atoms with Gasteiger partial charge >= 0.3 is 5.97 Å². The highest BCUT2D eigenvalue weighted by atomic mass is 16.7. The van der Waals surface area contributed by atoms with Gasteiger partial charge in [-0.05, 0) is 25.5 Å². The van der Waals surface area contributed by atoms with Crippen LogP contribution in [0.5, 0.6) is 0 Å². The molecule has 0 amide bonds. The molecule has 0 spiro atoms. The molecule has 1 saturated heterocycles. The first-order valence-electron chi connectivity index (χ1n) is 9.22. The van der Waals surface area contributed by atoms with Gasteiger partial charge in [-0.25, -0.2) is 4.79 Å². The molecule has 0 radical (unpaired) electrons. The molecule has 4 heteroatoms. The Balaban J connectivity index is 1.74. The summed E-state index contributed by atoms with van der Waals surface area (Å²) in [5.74, 6) is -0.467. The summed E-state index contributed by atoms with van der Waals surface area (Å²) in [4.78, 5) is 10.9. The molecule has 1 aliphatic rings. The van der Waals surface area contributed by atoms with Crippen LogP contribution in [0.4, 0.5) is 0 Å². The normalized spacial score (nSPS) is 24.0. The van der Waals surface area contributed by atoms with Gasteiger partial charge in [-0.1, -0.05) is 57.6 Å². The highest BCUT2D eigenvalue weighted by molar-refractivity contribution is 5.87. The number of hydrogen-bond acceptors (Lipinski definition) is 3. The van der Waals surface area contributed by atoms with Gasteiger partial charge in [-0.15, -0.1) is 0 Å². The van der Waals surface area contributed by atoms with Crippen molar-refractivity contribution in [3.8, 4) is 0 Å². The van der Waals surface area contributed by atoms with E-state index in [9.17, 15) is 4.79 Å². The second kappa shape index (κ2) is 9.80. The molecule has 0 unspecified atom stereocenters. The van der Waals surface area contributed by atoms with Crippen LogP contribution in [0.25, 0.3) is 0 Å². The minimum atomic E-state index is -0.917. The summed E-state index contributed by atoms with van der Waals surface area (Å²) in [6, 6.07) is 6.73. The summed E-state index contributed by atoms with van der Waals surface area (Å²) in [6.07, 6.45) is 8.77. The molecule has 2 rings (SSSR count). The molecule has 0 saturated carbocycles. The molecule has 1 aliphatic heterocycles. The van der Waals surface area contributed by atoms with Crippen molar-refractivity contribution in [1.82, 2.24) is 0 Å². The first-order chi connectivity index (χ1) is 11.6. The quantitative estimate of drug-likeness (QED) is 0.632. The van der Waals surface area contributed by atoms with E-state index in [4.69, 9.17) is 14.6 Å². The Morgan fingerprint density at radius 3 is 2.42 bits per heavy atom. The molecule has 0 bridgehead atoms. The van der Waals surface area contributed by atoms with Crippen LogP contribution in [0.15, 0.2) is 24.3 Å². The van der Waals surface area contributed by atoms with Gasteiger partial charge in [0.05, 0.1) is 18.3 Å². The molecule has 1 heterocycles. The fourth-order valence-corrected chi connectivity index (χ4v) is 3.15. The van der Waals surface area contributed by atoms with E-state index < -0.39 is 5.97 Å². The SMILES string of the molecule is CCCCCCCC[C@H]1CO[C@H](c2ccc(C(=O)O)cc2)O[C@@H]1C. The lowest BCUT2D eigenvalue weighted by atomic mass is 9.95. The molecule has 134 valence electrons. The van der Waals surface area contributed by atoms with E-state index in [1.54, 1.807) is 24.3 Å². The topological polar surface area (TPSA) is 55.8 Å². The monoisotopic (exact) mass is 334 g/mol. The highest BCUT2D eigenvalue weighted by Crippen LogP contribution is 2.31. The first kappa shape index (κ1) is 18.9. The smallest absolute Gasteiger partial charge is 0.335 e. The molecule has 0 aromatic heterocycles. The lowest BCUT2D eigenvalue weighted by molar-refractivity contribution is -0.237. The van der Waals surface area contributed by atoms with Crippen molar-refractivity contribution < 1.29 is 19.4 Å². The molecule has 1 aromatic carbocycles. The van der Waals surface area contributed by atoms with Crippen molar-refractivity contribution in [3.63, 3.8) is 0 Å². The molecular weight excluding hydrogens is 304 g/mol. The van der Waals surface area contributed by atoms with Crippen molar-refractivity contribution >= 4 is 5.97 Å². The van der Waals surface area contributed by atoms with E-state index in [0.29, 0.717) is 12.5 Å². The predicted octanol–water partition coefficient (Wildman–Crippen LogP) is 5.19. The number of hydrogen-bond donors (Lipinski definition) is 1. The Bertz CT molecular complexity index is 497. The van der Waals surface area contributed by atoms with Gasteiger partial charge in [0.1, 0.15) is 0 Å². The number of benzene rings is 1. The zero-order valence-electron chi connectivity index (χ0n) is 14.9. The number of rotatable bonds is 9. The van der Waals surface area contributed by atoms with Crippen LogP contribution in [0.3, 0.4) is 0 Å². The highest BCUT2D eigenvalue weighted by Gasteiger charge is 2.29. The number of unbranched alkanes of at least 4 members (excludes halogenated alkanes) is 5. The third-order valence-corrected chi connectivity index (χ3v) is 4.82. The van der Waals surface area contributed by atoms with E-state index in [1.807, 2.05) is 0 Å². The van der Waals surface area contributed by atoms with Gasteiger partial charge in [0, 0.05) is 11.5 Å². The van der Waals surface area contributed by atoms with E-state index in [-0.39, 0.29) is 18.0 Å². The van der Waals surface area contributed by atoms with E-state index in [0.717, 1.165) is 12.0 Å². The molecular formula is C20H30O4. The zero-order valence-corrected chi connectivity index (χ0v) is 14.9. The summed E-state index contributed by atoms with van der Waals surface area (Å²) in [7, 11) is 0. The first-order valence-corrected chi connectivity index (χ1v) is 9.22. The van der Waals surface area contributed by atoms with Gasteiger partial charge in [0.15, 0.2) is 6.29 Å². The third-order valence-electron chi connectivity index (χ3n) is 4.82. The Morgan fingerprint density at radius 1 is 1.12 bits per heavy atom. The van der Waals surface area contributed by atoms with Gasteiger partial charge in [0.2, 0.25) is 0 Å². The molecule has 1 N–H and O–H groups in total. The van der Waals surface area contributed by atoms with Crippen LogP contribution in [0.2, 0.25) is 0 Å². The molecule has 0 aliphatic carbocycles. The Hall–Kier alpha value is -1.39. The lowest BCUT2D eigenvalue weighted by Gasteiger charge is -2.35.